The van der Waals surface area contributed by atoms with Gasteiger partial charge in [0.2, 0.25) is 0 Å². The van der Waals surface area contributed by atoms with Gasteiger partial charge in [0.1, 0.15) is 28.6 Å². The maximum atomic E-state index is 12.3. The minimum Gasteiger partial charge on any atom is -0.460 e. The molecule has 0 unspecified atom stereocenters. The molecule has 3 aromatic rings. The number of nitrogens with one attached hydrogen (secondary N) is 1. The highest BCUT2D eigenvalue weighted by Crippen LogP contribution is 2.33. The molecule has 0 atom stereocenters. The van der Waals surface area contributed by atoms with Gasteiger partial charge in [-0.2, -0.15) is 0 Å². The quantitative estimate of drug-likeness (QED) is 0.583. The summed E-state index contributed by atoms with van der Waals surface area (Å²) in [6, 6.07) is 11.0. The van der Waals surface area contributed by atoms with Crippen molar-refractivity contribution in [3.63, 3.8) is 0 Å². The zero-order chi connectivity index (χ0) is 20.1. The average Bonchev–Trinajstić information content (AvgIpc) is 3.21. The molecule has 0 aliphatic carbocycles. The van der Waals surface area contributed by atoms with Crippen LogP contribution in [-0.2, 0) is 14.6 Å². The number of aliphatic hydroxyl groups excluding tert-OH is 1. The third-order valence-electron chi connectivity index (χ3n) is 3.77. The van der Waals surface area contributed by atoms with E-state index in [0.717, 1.165) is 11.8 Å². The van der Waals surface area contributed by atoms with Crippen LogP contribution in [0.3, 0.4) is 0 Å². The lowest BCUT2D eigenvalue weighted by atomic mass is 10.2. The predicted octanol–water partition coefficient (Wildman–Crippen LogP) is 2.42. The fraction of sp³-hybridized carbons (Fsp3) is 0.158. The second-order valence-corrected chi connectivity index (χ2v) is 7.81. The summed E-state index contributed by atoms with van der Waals surface area (Å²) in [6.07, 6.45) is 4.36. The molecule has 0 radical (unpaired) electrons. The third-order valence-corrected chi connectivity index (χ3v) is 4.89. The van der Waals surface area contributed by atoms with Crippen molar-refractivity contribution in [3.05, 3.63) is 60.4 Å². The number of rotatable bonds is 7. The Morgan fingerprint density at radius 3 is 2.54 bits per heavy atom. The number of esters is 1. The van der Waals surface area contributed by atoms with E-state index in [0.29, 0.717) is 11.6 Å². The number of carbonyl (C=O) groups excluding carboxylic acids is 1. The molecule has 0 aliphatic rings. The Hall–Kier alpha value is -3.17. The molecular weight excluding hydrogens is 384 g/mol. The molecule has 0 saturated heterocycles. The van der Waals surface area contributed by atoms with E-state index in [1.165, 1.54) is 18.2 Å². The number of hydrogen-bond acceptors (Lipinski definition) is 7. The van der Waals surface area contributed by atoms with Crippen LogP contribution in [-0.4, -0.2) is 48.9 Å². The molecule has 9 heteroatoms. The molecule has 3 rings (SSSR count). The monoisotopic (exact) mass is 402 g/mol. The Morgan fingerprint density at radius 2 is 1.93 bits per heavy atom. The van der Waals surface area contributed by atoms with Gasteiger partial charge in [0, 0.05) is 24.2 Å². The molecule has 0 bridgehead atoms. The Labute approximate surface area is 161 Å². The summed E-state index contributed by atoms with van der Waals surface area (Å²) >= 11 is 0. The van der Waals surface area contributed by atoms with Crippen LogP contribution in [0.5, 0.6) is 11.5 Å². The summed E-state index contributed by atoms with van der Waals surface area (Å²) in [5, 5.41) is 8.84. The number of benzene rings is 2. The molecular formula is C19H18N2O6S. The normalized spacial score (nSPS) is 11.2. The summed E-state index contributed by atoms with van der Waals surface area (Å²) in [6.45, 7) is -0.554. The minimum absolute atomic E-state index is 0.0495. The van der Waals surface area contributed by atoms with Crippen molar-refractivity contribution in [1.29, 1.82) is 0 Å². The molecule has 8 nitrogen and oxygen atoms in total. The molecule has 1 heterocycles. The number of H-pyrrole nitrogens is 1. The number of ether oxygens (including phenoxy) is 2. The van der Waals surface area contributed by atoms with Gasteiger partial charge in [0.05, 0.1) is 6.61 Å². The zero-order valence-electron chi connectivity index (χ0n) is 15.0. The fourth-order valence-corrected chi connectivity index (χ4v) is 3.33. The number of aromatic amines is 1. The van der Waals surface area contributed by atoms with Gasteiger partial charge in [0.15, 0.2) is 15.6 Å². The van der Waals surface area contributed by atoms with Crippen LogP contribution >= 0.6 is 0 Å². The molecule has 2 N–H and O–H groups in total. The first-order valence-electron chi connectivity index (χ1n) is 8.29. The third kappa shape index (κ3) is 4.38. The predicted molar refractivity (Wildman–Crippen MR) is 101 cm³/mol. The molecule has 1 aromatic heterocycles. The summed E-state index contributed by atoms with van der Waals surface area (Å²) in [4.78, 5) is 19.3. The van der Waals surface area contributed by atoms with E-state index in [1.807, 2.05) is 0 Å². The Bertz CT molecular complexity index is 1060. The van der Waals surface area contributed by atoms with E-state index in [-0.39, 0.29) is 29.4 Å². The van der Waals surface area contributed by atoms with Crippen molar-refractivity contribution in [1.82, 2.24) is 9.97 Å². The lowest BCUT2D eigenvalue weighted by molar-refractivity contribution is 0.0430. The lowest BCUT2D eigenvalue weighted by Crippen LogP contribution is -2.12. The molecule has 146 valence electrons. The number of aliphatic hydroxyl groups is 1. The Kier molecular flexibility index (Phi) is 5.76. The minimum atomic E-state index is -3.67. The average molecular weight is 402 g/mol. The van der Waals surface area contributed by atoms with Crippen molar-refractivity contribution < 1.29 is 27.8 Å². The van der Waals surface area contributed by atoms with Gasteiger partial charge in [-0.1, -0.05) is 6.07 Å². The smallest absolute Gasteiger partial charge is 0.342 e. The molecule has 0 aliphatic heterocycles. The molecule has 0 spiro atoms. The van der Waals surface area contributed by atoms with Crippen LogP contribution in [0.4, 0.5) is 0 Å². The van der Waals surface area contributed by atoms with Gasteiger partial charge >= 0.3 is 5.97 Å². The number of hydrogen-bond donors (Lipinski definition) is 2. The maximum absolute atomic E-state index is 12.3. The van der Waals surface area contributed by atoms with Crippen LogP contribution in [0, 0.1) is 0 Å². The number of para-hydroxylation sites is 1. The van der Waals surface area contributed by atoms with Crippen molar-refractivity contribution in [2.45, 2.75) is 4.90 Å². The fourth-order valence-electron chi connectivity index (χ4n) is 2.51. The van der Waals surface area contributed by atoms with Crippen molar-refractivity contribution >= 4 is 15.8 Å². The first kappa shape index (κ1) is 19.6. The van der Waals surface area contributed by atoms with E-state index in [1.54, 1.807) is 36.7 Å². The molecule has 2 aromatic carbocycles. The van der Waals surface area contributed by atoms with Gasteiger partial charge < -0.3 is 19.6 Å². The summed E-state index contributed by atoms with van der Waals surface area (Å²) in [5.41, 5.74) is 0.766. The van der Waals surface area contributed by atoms with E-state index in [2.05, 4.69) is 9.97 Å². The van der Waals surface area contributed by atoms with Crippen LogP contribution < -0.4 is 4.74 Å². The Morgan fingerprint density at radius 1 is 1.18 bits per heavy atom. The first-order valence-corrected chi connectivity index (χ1v) is 10.2. The van der Waals surface area contributed by atoms with Gasteiger partial charge in [-0.25, -0.2) is 18.2 Å². The van der Waals surface area contributed by atoms with Crippen molar-refractivity contribution in [2.24, 2.45) is 0 Å². The van der Waals surface area contributed by atoms with Crippen LogP contribution in [0.25, 0.3) is 11.4 Å². The maximum Gasteiger partial charge on any atom is 0.342 e. The van der Waals surface area contributed by atoms with Gasteiger partial charge in [-0.3, -0.25) is 0 Å². The van der Waals surface area contributed by atoms with Crippen molar-refractivity contribution in [2.75, 3.05) is 19.5 Å². The summed E-state index contributed by atoms with van der Waals surface area (Å²) in [5.74, 6) is 0.0967. The summed E-state index contributed by atoms with van der Waals surface area (Å²) in [7, 11) is -3.67. The second kappa shape index (κ2) is 8.24. The number of carbonyl (C=O) groups is 1. The van der Waals surface area contributed by atoms with Gasteiger partial charge in [-0.15, -0.1) is 0 Å². The van der Waals surface area contributed by atoms with E-state index < -0.39 is 15.8 Å². The zero-order valence-corrected chi connectivity index (χ0v) is 15.8. The highest BCUT2D eigenvalue weighted by atomic mass is 32.2. The second-order valence-electron chi connectivity index (χ2n) is 5.83. The largest absolute Gasteiger partial charge is 0.460 e. The van der Waals surface area contributed by atoms with Gasteiger partial charge in [0.25, 0.3) is 0 Å². The SMILES string of the molecule is CS(=O)(=O)c1cccc(C(=O)OCCO)c1Oc1ccc(-c2ncc[nH]2)cc1. The molecule has 0 fully saturated rings. The number of nitrogens with zero attached hydrogens (tertiary/aromatic N) is 1. The van der Waals surface area contributed by atoms with E-state index >= 15 is 0 Å². The van der Waals surface area contributed by atoms with Crippen LogP contribution in [0.15, 0.2) is 59.8 Å². The number of sulfone groups is 1. The number of aromatic nitrogens is 2. The lowest BCUT2D eigenvalue weighted by Gasteiger charge is -2.14. The standard InChI is InChI=1S/C19H18N2O6S/c1-28(24,25)16-4-2-3-15(19(23)26-12-11-22)17(16)27-14-7-5-13(6-8-14)18-20-9-10-21-18/h2-10,22H,11-12H2,1H3,(H,20,21). The number of imidazole rings is 1. The highest BCUT2D eigenvalue weighted by Gasteiger charge is 2.23. The van der Waals surface area contributed by atoms with E-state index in [9.17, 15) is 13.2 Å². The van der Waals surface area contributed by atoms with Crippen LogP contribution in [0.2, 0.25) is 0 Å². The topological polar surface area (TPSA) is 119 Å². The first-order chi connectivity index (χ1) is 13.4. The molecule has 0 amide bonds. The molecule has 0 saturated carbocycles. The molecule has 28 heavy (non-hydrogen) atoms. The summed E-state index contributed by atoms with van der Waals surface area (Å²) < 4.78 is 35.0. The Balaban J connectivity index is 1.98. The van der Waals surface area contributed by atoms with Gasteiger partial charge in [-0.05, 0) is 36.4 Å². The van der Waals surface area contributed by atoms with Crippen LogP contribution in [0.1, 0.15) is 10.4 Å². The van der Waals surface area contributed by atoms with Crippen molar-refractivity contribution in [3.8, 4) is 22.9 Å². The van der Waals surface area contributed by atoms with E-state index in [4.69, 9.17) is 14.6 Å². The highest BCUT2D eigenvalue weighted by molar-refractivity contribution is 7.90.